The van der Waals surface area contributed by atoms with Crippen molar-refractivity contribution in [1.82, 2.24) is 48.2 Å². The van der Waals surface area contributed by atoms with Crippen molar-refractivity contribution >= 4 is 120 Å². The molecule has 0 amide bonds. The van der Waals surface area contributed by atoms with Gasteiger partial charge < -0.3 is 23.2 Å². The predicted molar refractivity (Wildman–Crippen MR) is 411 cm³/mol. The Hall–Kier alpha value is -13.2. The molecule has 7 aromatic heterocycles. The number of aromatic nitrogens is 10. The number of hydrogen-bond donors (Lipinski definition) is 0. The van der Waals surface area contributed by atoms with Gasteiger partial charge in [-0.1, -0.05) is 208 Å². The predicted octanol–water partition coefficient (Wildman–Crippen LogP) is 21.9. The molecule has 101 heavy (non-hydrogen) atoms. The Morgan fingerprint density at radius 3 is 0.693 bits per heavy atom. The van der Waals surface area contributed by atoms with E-state index in [0.29, 0.717) is 74.6 Å². The minimum atomic E-state index is 0.256. The number of rotatable bonds is 13. The zero-order valence-electron chi connectivity index (χ0n) is 55.1. The van der Waals surface area contributed by atoms with Gasteiger partial charge in [-0.2, -0.15) is 4.89 Å². The number of fused-ring (bicyclic) bond motifs is 18. The van der Waals surface area contributed by atoms with E-state index < -0.39 is 0 Å². The van der Waals surface area contributed by atoms with Gasteiger partial charge in [0.05, 0.1) is 73.5 Å². The van der Waals surface area contributed by atoms with E-state index in [-0.39, 0.29) is 5.88 Å². The molecular formula is C89H60N10O2. The quantitative estimate of drug-likeness (QED) is 0.0485. The summed E-state index contributed by atoms with van der Waals surface area (Å²) in [6.45, 7) is 4.45. The van der Waals surface area contributed by atoms with Crippen molar-refractivity contribution in [2.75, 3.05) is 6.61 Å². The molecule has 0 saturated carbocycles. The molecule has 7 heterocycles. The summed E-state index contributed by atoms with van der Waals surface area (Å²) in [6.07, 6.45) is 1.24. The number of hydrogen-bond acceptors (Lipinski definition) is 8. The fourth-order valence-electron chi connectivity index (χ4n) is 15.5. The second-order valence-corrected chi connectivity index (χ2v) is 25.8. The molecule has 20 aromatic rings. The summed E-state index contributed by atoms with van der Waals surface area (Å²) in [4.78, 5) is 46.4. The van der Waals surface area contributed by atoms with E-state index in [0.717, 1.165) is 95.6 Å². The van der Waals surface area contributed by atoms with Crippen molar-refractivity contribution in [3.63, 3.8) is 0 Å². The SMILES string of the molecule is CCCOOc1nc2c(nc1CC)c1nc(-c3ccc(-n4c5ccccc5c5ccccc54)cc3)c(-c3ccc(-n4c5ccccc5c5ccccc54)cc3)nc1c1nc(-c3ccc(-n4c5ccccc5c5ccccc54)cc3)c(-c3ccc(-n4c5ccccc5c5ccccc54)cc3)nc21. The normalized spacial score (nSPS) is 12.0. The van der Waals surface area contributed by atoms with Gasteiger partial charge in [0.15, 0.2) is 0 Å². The van der Waals surface area contributed by atoms with Gasteiger partial charge in [0.1, 0.15) is 38.8 Å². The molecule has 0 radical (unpaired) electrons. The van der Waals surface area contributed by atoms with Gasteiger partial charge in [-0.3, -0.25) is 0 Å². The van der Waals surface area contributed by atoms with Crippen molar-refractivity contribution in [3.05, 3.63) is 297 Å². The number of benzene rings is 13. The van der Waals surface area contributed by atoms with Gasteiger partial charge in [0, 0.05) is 88.1 Å². The third kappa shape index (κ3) is 9.12. The van der Waals surface area contributed by atoms with Crippen LogP contribution in [0, 0.1) is 0 Å². The summed E-state index contributed by atoms with van der Waals surface area (Å²) >= 11 is 0. The zero-order chi connectivity index (χ0) is 66.8. The van der Waals surface area contributed by atoms with Crippen LogP contribution < -0.4 is 4.89 Å². The lowest BCUT2D eigenvalue weighted by Gasteiger charge is -2.17. The monoisotopic (exact) mass is 1300 g/mol. The fraction of sp³-hybridized carbons (Fsp3) is 0.0562. The first-order valence-electron chi connectivity index (χ1n) is 34.4. The molecule has 0 aliphatic rings. The maximum atomic E-state index is 6.13. The molecule has 0 saturated heterocycles. The fourth-order valence-corrected chi connectivity index (χ4v) is 15.5. The molecule has 0 unspecified atom stereocenters. The Balaban J connectivity index is 0.845. The van der Waals surface area contributed by atoms with Crippen LogP contribution in [0.5, 0.6) is 5.88 Å². The highest BCUT2D eigenvalue weighted by atomic mass is 17.2. The van der Waals surface area contributed by atoms with Crippen LogP contribution in [0.1, 0.15) is 26.0 Å². The largest absolute Gasteiger partial charge is 0.315 e. The Morgan fingerprint density at radius 1 is 0.248 bits per heavy atom. The average molecular weight is 1300 g/mol. The molecule has 0 N–H and O–H groups in total. The molecule has 12 nitrogen and oxygen atoms in total. The van der Waals surface area contributed by atoms with Gasteiger partial charge >= 0.3 is 0 Å². The van der Waals surface area contributed by atoms with E-state index in [1.165, 1.54) is 43.1 Å². The van der Waals surface area contributed by atoms with Crippen LogP contribution in [0.4, 0.5) is 0 Å². The van der Waals surface area contributed by atoms with Crippen molar-refractivity contribution in [1.29, 1.82) is 0 Å². The standard InChI is InChI=1S/C89H60N10O2/c1-3-53-100-101-89-70(4-2)90-83-84-85(92-80(55-39-47-59(48-40-55)97-73-31-15-7-23-64(73)65-24-8-16-32-74(65)97)79(91-84)54-37-45-58(46-38-54)96-71-29-13-5-21-62(71)63-22-6-14-30-72(63)96)86-87(88(83)95-89)94-82(57-43-51-61(52-44-57)99-77-35-19-11-27-68(77)69-28-12-20-36-78(69)99)81(93-86)56-41-49-60(50-42-56)98-75-33-17-9-25-66(75)67-26-10-18-34-76(67)98/h5-52H,3-4,53H2,1-2H3. The molecule has 478 valence electrons. The topological polar surface area (TPSA) is 116 Å². The minimum absolute atomic E-state index is 0.256. The zero-order valence-corrected chi connectivity index (χ0v) is 55.1. The van der Waals surface area contributed by atoms with Gasteiger partial charge in [0.2, 0.25) is 0 Å². The van der Waals surface area contributed by atoms with Gasteiger partial charge in [0.25, 0.3) is 5.88 Å². The van der Waals surface area contributed by atoms with Crippen molar-refractivity contribution in [2.45, 2.75) is 26.7 Å². The summed E-state index contributed by atoms with van der Waals surface area (Å²) in [5.74, 6) is 0.256. The van der Waals surface area contributed by atoms with Gasteiger partial charge in [-0.25, -0.2) is 29.9 Å². The lowest BCUT2D eigenvalue weighted by atomic mass is 10.0. The van der Waals surface area contributed by atoms with E-state index in [9.17, 15) is 0 Å². The van der Waals surface area contributed by atoms with Gasteiger partial charge in [-0.05, 0) is 110 Å². The lowest BCUT2D eigenvalue weighted by Crippen LogP contribution is -2.07. The molecular weight excluding hydrogens is 1240 g/mol. The van der Waals surface area contributed by atoms with Crippen LogP contribution in [0.15, 0.2) is 291 Å². The average Bonchev–Trinajstić information content (AvgIpc) is 1.56. The van der Waals surface area contributed by atoms with Crippen molar-refractivity contribution in [3.8, 4) is 73.7 Å². The highest BCUT2D eigenvalue weighted by Crippen LogP contribution is 2.44. The molecule has 0 fully saturated rings. The van der Waals surface area contributed by atoms with Crippen LogP contribution in [0.25, 0.3) is 188 Å². The Labute approximate surface area is 578 Å². The molecule has 12 heteroatoms. The van der Waals surface area contributed by atoms with E-state index in [1.807, 2.05) is 13.8 Å². The smallest absolute Gasteiger partial charge is 0.278 e. The first-order chi connectivity index (χ1) is 50.0. The molecule has 0 aliphatic carbocycles. The molecule has 0 atom stereocenters. The molecule has 0 aliphatic heterocycles. The van der Waals surface area contributed by atoms with Crippen LogP contribution in [-0.4, -0.2) is 54.8 Å². The molecule has 0 spiro atoms. The van der Waals surface area contributed by atoms with Crippen LogP contribution >= 0.6 is 0 Å². The number of aryl methyl sites for hydroxylation is 1. The van der Waals surface area contributed by atoms with Crippen LogP contribution in [-0.2, 0) is 11.3 Å². The Morgan fingerprint density at radius 2 is 0.465 bits per heavy atom. The highest BCUT2D eigenvalue weighted by Gasteiger charge is 2.27. The third-order valence-electron chi connectivity index (χ3n) is 20.1. The number of nitrogens with zero attached hydrogens (tertiary/aromatic N) is 10. The van der Waals surface area contributed by atoms with E-state index in [4.69, 9.17) is 39.7 Å². The summed E-state index contributed by atoms with van der Waals surface area (Å²) in [5.41, 5.74) is 22.8. The summed E-state index contributed by atoms with van der Waals surface area (Å²) in [5, 5.41) is 9.54. The number of para-hydroxylation sites is 8. The van der Waals surface area contributed by atoms with Crippen LogP contribution in [0.2, 0.25) is 0 Å². The molecule has 0 bridgehead atoms. The first kappa shape index (κ1) is 58.0. The Kier molecular flexibility index (Phi) is 13.4. The van der Waals surface area contributed by atoms with Crippen LogP contribution in [0.3, 0.4) is 0 Å². The summed E-state index contributed by atoms with van der Waals surface area (Å²) < 4.78 is 9.35. The summed E-state index contributed by atoms with van der Waals surface area (Å²) in [6, 6.07) is 104. The molecule has 20 rings (SSSR count). The maximum Gasteiger partial charge on any atom is 0.278 e. The highest BCUT2D eigenvalue weighted by molar-refractivity contribution is 6.20. The summed E-state index contributed by atoms with van der Waals surface area (Å²) in [7, 11) is 0. The lowest BCUT2D eigenvalue weighted by molar-refractivity contribution is -0.210. The second-order valence-electron chi connectivity index (χ2n) is 25.8. The first-order valence-corrected chi connectivity index (χ1v) is 34.4. The third-order valence-corrected chi connectivity index (χ3v) is 20.1. The maximum absolute atomic E-state index is 6.13. The second kappa shape index (κ2) is 23.3. The van der Waals surface area contributed by atoms with Crippen molar-refractivity contribution in [2.24, 2.45) is 0 Å². The van der Waals surface area contributed by atoms with E-state index >= 15 is 0 Å². The molecule has 13 aromatic carbocycles. The van der Waals surface area contributed by atoms with E-state index in [1.54, 1.807) is 0 Å². The van der Waals surface area contributed by atoms with Crippen molar-refractivity contribution < 1.29 is 9.78 Å². The van der Waals surface area contributed by atoms with E-state index in [2.05, 4.69) is 309 Å². The minimum Gasteiger partial charge on any atom is -0.315 e. The Bertz CT molecular complexity index is 6530. The van der Waals surface area contributed by atoms with Gasteiger partial charge in [-0.15, -0.1) is 0 Å².